The van der Waals surface area contributed by atoms with Crippen LogP contribution in [-0.4, -0.2) is 7.11 Å². The molecule has 0 saturated carbocycles. The molecule has 0 spiro atoms. The second kappa shape index (κ2) is 4.02. The zero-order valence-corrected chi connectivity index (χ0v) is 7.13. The van der Waals surface area contributed by atoms with Gasteiger partial charge in [0.1, 0.15) is 5.76 Å². The quantitative estimate of drug-likeness (QED) is 0.588. The van der Waals surface area contributed by atoms with Crippen LogP contribution in [0.3, 0.4) is 0 Å². The highest BCUT2D eigenvalue weighted by atomic mass is 16.5. The molecule has 0 saturated heterocycles. The van der Waals surface area contributed by atoms with Gasteiger partial charge in [-0.25, -0.2) is 0 Å². The van der Waals surface area contributed by atoms with E-state index in [-0.39, 0.29) is 0 Å². The molecule has 0 aromatic heterocycles. The monoisotopic (exact) mass is 150 g/mol. The summed E-state index contributed by atoms with van der Waals surface area (Å²) in [5.41, 5.74) is 1.38. The first-order valence-corrected chi connectivity index (χ1v) is 3.98. The van der Waals surface area contributed by atoms with Crippen LogP contribution >= 0.6 is 0 Å². The van der Waals surface area contributed by atoms with Gasteiger partial charge in [0.05, 0.1) is 7.11 Å². The van der Waals surface area contributed by atoms with Crippen molar-refractivity contribution < 1.29 is 4.74 Å². The number of hydrogen-bond donors (Lipinski definition) is 0. The highest BCUT2D eigenvalue weighted by Gasteiger charge is 1.95. The maximum Gasteiger partial charge on any atom is 0.115 e. The minimum atomic E-state index is 0.963. The Morgan fingerprint density at radius 2 is 2.18 bits per heavy atom. The maximum absolute atomic E-state index is 5.10. The molecule has 0 aromatic carbocycles. The molecule has 0 fully saturated rings. The minimum absolute atomic E-state index is 0.963. The Labute approximate surface area is 68.1 Å². The molecule has 1 heteroatoms. The van der Waals surface area contributed by atoms with Crippen LogP contribution < -0.4 is 0 Å². The van der Waals surface area contributed by atoms with Gasteiger partial charge in [-0.1, -0.05) is 24.6 Å². The van der Waals surface area contributed by atoms with E-state index in [1.54, 1.807) is 7.11 Å². The Morgan fingerprint density at radius 1 is 1.36 bits per heavy atom. The molecule has 1 nitrogen and oxygen atoms in total. The van der Waals surface area contributed by atoms with Crippen LogP contribution in [0, 0.1) is 0 Å². The van der Waals surface area contributed by atoms with E-state index in [9.17, 15) is 0 Å². The fourth-order valence-corrected chi connectivity index (χ4v) is 1.07. The number of rotatable bonds is 2. The van der Waals surface area contributed by atoms with E-state index < -0.39 is 0 Å². The van der Waals surface area contributed by atoms with Gasteiger partial charge in [0, 0.05) is 0 Å². The van der Waals surface area contributed by atoms with Gasteiger partial charge >= 0.3 is 0 Å². The standard InChI is InChI=1S/C10H14O/c1-3-9-5-4-6-10(11-2)8-7-9/h5-8H,3-4H2,1-2H3. The summed E-state index contributed by atoms with van der Waals surface area (Å²) in [6.45, 7) is 2.16. The van der Waals surface area contributed by atoms with E-state index in [4.69, 9.17) is 4.74 Å². The molecule has 0 atom stereocenters. The molecule has 0 aliphatic heterocycles. The van der Waals surface area contributed by atoms with Gasteiger partial charge in [-0.3, -0.25) is 0 Å². The molecular formula is C10H14O. The zero-order valence-electron chi connectivity index (χ0n) is 7.13. The van der Waals surface area contributed by atoms with E-state index in [2.05, 4.69) is 25.2 Å². The van der Waals surface area contributed by atoms with Crippen molar-refractivity contribution in [2.45, 2.75) is 19.8 Å². The van der Waals surface area contributed by atoms with Crippen molar-refractivity contribution in [2.75, 3.05) is 7.11 Å². The van der Waals surface area contributed by atoms with Crippen LogP contribution in [0.25, 0.3) is 0 Å². The smallest absolute Gasteiger partial charge is 0.115 e. The van der Waals surface area contributed by atoms with Crippen molar-refractivity contribution in [3.8, 4) is 0 Å². The number of methoxy groups -OCH3 is 1. The fraction of sp³-hybridized carbons (Fsp3) is 0.400. The van der Waals surface area contributed by atoms with Crippen molar-refractivity contribution >= 4 is 0 Å². The Balaban J connectivity index is 2.66. The van der Waals surface area contributed by atoms with Gasteiger partial charge in [-0.2, -0.15) is 0 Å². The molecule has 0 unspecified atom stereocenters. The maximum atomic E-state index is 5.10. The molecule has 0 amide bonds. The second-order valence-electron chi connectivity index (χ2n) is 2.51. The third-order valence-electron chi connectivity index (χ3n) is 1.80. The molecular weight excluding hydrogens is 136 g/mol. The highest BCUT2D eigenvalue weighted by Crippen LogP contribution is 2.12. The summed E-state index contributed by atoms with van der Waals surface area (Å²) in [6.07, 6.45) is 10.5. The summed E-state index contributed by atoms with van der Waals surface area (Å²) in [5, 5.41) is 0. The minimum Gasteiger partial charge on any atom is -0.497 e. The lowest BCUT2D eigenvalue weighted by Crippen LogP contribution is -1.78. The first-order valence-electron chi connectivity index (χ1n) is 3.98. The van der Waals surface area contributed by atoms with Crippen molar-refractivity contribution in [3.63, 3.8) is 0 Å². The van der Waals surface area contributed by atoms with Crippen LogP contribution in [-0.2, 0) is 4.74 Å². The molecule has 1 rings (SSSR count). The van der Waals surface area contributed by atoms with Crippen molar-refractivity contribution in [3.05, 3.63) is 35.6 Å². The Bertz CT molecular complexity index is 187. The van der Waals surface area contributed by atoms with Gasteiger partial charge in [0.15, 0.2) is 0 Å². The van der Waals surface area contributed by atoms with Gasteiger partial charge in [0.2, 0.25) is 0 Å². The Morgan fingerprint density at radius 3 is 2.82 bits per heavy atom. The van der Waals surface area contributed by atoms with Crippen LogP contribution in [0.15, 0.2) is 35.6 Å². The molecule has 0 heterocycles. The van der Waals surface area contributed by atoms with Gasteiger partial charge in [-0.05, 0) is 25.0 Å². The van der Waals surface area contributed by atoms with Crippen LogP contribution in [0.2, 0.25) is 0 Å². The summed E-state index contributed by atoms with van der Waals surface area (Å²) in [7, 11) is 1.70. The second-order valence-corrected chi connectivity index (χ2v) is 2.51. The third-order valence-corrected chi connectivity index (χ3v) is 1.80. The lowest BCUT2D eigenvalue weighted by atomic mass is 10.2. The molecule has 0 aromatic rings. The van der Waals surface area contributed by atoms with E-state index in [0.717, 1.165) is 18.6 Å². The molecule has 11 heavy (non-hydrogen) atoms. The molecule has 1 aliphatic carbocycles. The molecule has 0 bridgehead atoms. The lowest BCUT2D eigenvalue weighted by Gasteiger charge is -1.96. The topological polar surface area (TPSA) is 9.23 Å². The fourth-order valence-electron chi connectivity index (χ4n) is 1.07. The molecule has 60 valence electrons. The average molecular weight is 150 g/mol. The van der Waals surface area contributed by atoms with E-state index in [1.165, 1.54) is 5.57 Å². The average Bonchev–Trinajstić information content (AvgIpc) is 2.28. The number of hydrogen-bond acceptors (Lipinski definition) is 1. The Kier molecular flexibility index (Phi) is 2.96. The van der Waals surface area contributed by atoms with Crippen molar-refractivity contribution in [2.24, 2.45) is 0 Å². The summed E-state index contributed by atoms with van der Waals surface area (Å²) in [6, 6.07) is 0. The summed E-state index contributed by atoms with van der Waals surface area (Å²) in [5.74, 6) is 0.963. The largest absolute Gasteiger partial charge is 0.497 e. The molecule has 0 radical (unpaired) electrons. The number of allylic oxidation sites excluding steroid dienone is 5. The first kappa shape index (κ1) is 8.12. The van der Waals surface area contributed by atoms with Crippen LogP contribution in [0.5, 0.6) is 0 Å². The number of ether oxygens (including phenoxy) is 1. The summed E-state index contributed by atoms with van der Waals surface area (Å²) in [4.78, 5) is 0. The summed E-state index contributed by atoms with van der Waals surface area (Å²) >= 11 is 0. The normalized spacial score (nSPS) is 16.9. The predicted octanol–water partition coefficient (Wildman–Crippen LogP) is 2.81. The van der Waals surface area contributed by atoms with Crippen molar-refractivity contribution in [1.29, 1.82) is 0 Å². The van der Waals surface area contributed by atoms with Crippen LogP contribution in [0.1, 0.15) is 19.8 Å². The predicted molar refractivity (Wildman–Crippen MR) is 47.2 cm³/mol. The van der Waals surface area contributed by atoms with Gasteiger partial charge in [-0.15, -0.1) is 0 Å². The highest BCUT2D eigenvalue weighted by molar-refractivity contribution is 5.29. The summed E-state index contributed by atoms with van der Waals surface area (Å²) < 4.78 is 5.10. The Hall–Kier alpha value is -0.980. The third kappa shape index (κ3) is 2.26. The van der Waals surface area contributed by atoms with E-state index in [0.29, 0.717) is 0 Å². The van der Waals surface area contributed by atoms with Crippen molar-refractivity contribution in [1.82, 2.24) is 0 Å². The molecule has 1 aliphatic rings. The first-order chi connectivity index (χ1) is 5.36. The van der Waals surface area contributed by atoms with Crippen LogP contribution in [0.4, 0.5) is 0 Å². The van der Waals surface area contributed by atoms with Gasteiger partial charge in [0.25, 0.3) is 0 Å². The zero-order chi connectivity index (χ0) is 8.10. The van der Waals surface area contributed by atoms with Gasteiger partial charge < -0.3 is 4.74 Å². The lowest BCUT2D eigenvalue weighted by molar-refractivity contribution is 0.306. The van der Waals surface area contributed by atoms with E-state index in [1.807, 2.05) is 6.08 Å². The SMILES string of the molecule is CCC1=CCC=C(OC)C=C1. The molecule has 0 N–H and O–H groups in total. The van der Waals surface area contributed by atoms with E-state index >= 15 is 0 Å².